The molecule has 0 aliphatic carbocycles. The molecule has 0 bridgehead atoms. The lowest BCUT2D eigenvalue weighted by Gasteiger charge is -2.10. The fraction of sp³-hybridized carbons (Fsp3) is 1.00. The van der Waals surface area contributed by atoms with Crippen LogP contribution in [-0.2, 0) is 0 Å². The van der Waals surface area contributed by atoms with Crippen LogP contribution in [0.4, 0.5) is 0 Å². The van der Waals surface area contributed by atoms with Crippen molar-refractivity contribution in [3.05, 3.63) is 0 Å². The van der Waals surface area contributed by atoms with E-state index in [-0.39, 0.29) is 0 Å². The Balaban J connectivity index is 2.31. The van der Waals surface area contributed by atoms with E-state index in [4.69, 9.17) is 0 Å². The predicted octanol–water partition coefficient (Wildman–Crippen LogP) is 3.46. The maximum absolute atomic E-state index is 2.37. The summed E-state index contributed by atoms with van der Waals surface area (Å²) >= 11 is 2.19. The summed E-state index contributed by atoms with van der Waals surface area (Å²) in [6, 6.07) is 0. The van der Waals surface area contributed by atoms with Crippen molar-refractivity contribution in [2.45, 2.75) is 56.5 Å². The molecule has 0 spiro atoms. The van der Waals surface area contributed by atoms with E-state index in [1.165, 1.54) is 25.7 Å². The van der Waals surface area contributed by atoms with Gasteiger partial charge in [-0.1, -0.05) is 33.6 Å². The molecule has 0 amide bonds. The first kappa shape index (κ1) is 8.45. The fourth-order valence-corrected chi connectivity index (χ4v) is 3.33. The second kappa shape index (κ2) is 3.17. The second-order valence-corrected chi connectivity index (χ2v) is 5.08. The van der Waals surface area contributed by atoms with Crippen molar-refractivity contribution < 1.29 is 0 Å². The molecule has 1 fully saturated rings. The Morgan fingerprint density at radius 3 is 1.80 bits per heavy atom. The van der Waals surface area contributed by atoms with Crippen molar-refractivity contribution >= 4 is 11.8 Å². The molecule has 1 unspecified atom stereocenters. The van der Waals surface area contributed by atoms with Crippen molar-refractivity contribution in [3.8, 4) is 0 Å². The van der Waals surface area contributed by atoms with Crippen LogP contribution in [-0.4, -0.2) is 10.00 Å². The number of hydrogen-bond acceptors (Lipinski definition) is 1. The summed E-state index contributed by atoms with van der Waals surface area (Å²) in [6.45, 7) is 6.96. The van der Waals surface area contributed by atoms with Gasteiger partial charge in [0.15, 0.2) is 0 Å². The fourth-order valence-electron chi connectivity index (χ4n) is 1.81. The minimum atomic E-state index is 0.726. The van der Waals surface area contributed by atoms with E-state index in [1.807, 2.05) is 0 Å². The van der Waals surface area contributed by atoms with Gasteiger partial charge < -0.3 is 0 Å². The first-order valence-corrected chi connectivity index (χ1v) is 5.31. The van der Waals surface area contributed by atoms with E-state index in [0.29, 0.717) is 0 Å². The Morgan fingerprint density at radius 2 is 1.60 bits per heavy atom. The largest absolute Gasteiger partial charge is 0.149 e. The molecule has 1 aliphatic rings. The quantitative estimate of drug-likeness (QED) is 0.565. The summed E-state index contributed by atoms with van der Waals surface area (Å²) in [6.07, 6.45) is 5.59. The highest BCUT2D eigenvalue weighted by Crippen LogP contribution is 2.58. The Kier molecular flexibility index (Phi) is 2.67. The van der Waals surface area contributed by atoms with Crippen LogP contribution >= 0.6 is 11.8 Å². The van der Waals surface area contributed by atoms with E-state index in [9.17, 15) is 0 Å². The second-order valence-electron chi connectivity index (χ2n) is 3.32. The molecule has 0 N–H and O–H groups in total. The molecule has 1 atom stereocenters. The smallest absolute Gasteiger partial charge is 0.0279 e. The van der Waals surface area contributed by atoms with Gasteiger partial charge in [0.2, 0.25) is 0 Å². The average molecular weight is 158 g/mol. The van der Waals surface area contributed by atoms with Gasteiger partial charge in [-0.25, -0.2) is 0 Å². The van der Waals surface area contributed by atoms with Gasteiger partial charge in [0.25, 0.3) is 0 Å². The van der Waals surface area contributed by atoms with Gasteiger partial charge in [-0.3, -0.25) is 0 Å². The van der Waals surface area contributed by atoms with Crippen LogP contribution < -0.4 is 0 Å². The Hall–Kier alpha value is 0.350. The van der Waals surface area contributed by atoms with Crippen LogP contribution in [0.2, 0.25) is 0 Å². The topological polar surface area (TPSA) is 0 Å². The molecule has 10 heavy (non-hydrogen) atoms. The van der Waals surface area contributed by atoms with Gasteiger partial charge in [0.05, 0.1) is 0 Å². The maximum Gasteiger partial charge on any atom is 0.0279 e. The summed E-state index contributed by atoms with van der Waals surface area (Å²) in [7, 11) is 0. The summed E-state index contributed by atoms with van der Waals surface area (Å²) in [5.74, 6) is 0. The summed E-state index contributed by atoms with van der Waals surface area (Å²) < 4.78 is 0.726. The molecule has 0 radical (unpaired) electrons. The van der Waals surface area contributed by atoms with E-state index >= 15 is 0 Å². The van der Waals surface area contributed by atoms with Gasteiger partial charge >= 0.3 is 0 Å². The molecule has 0 aromatic heterocycles. The molecule has 0 saturated carbocycles. The molecular weight excluding hydrogens is 140 g/mol. The van der Waals surface area contributed by atoms with Crippen molar-refractivity contribution in [3.63, 3.8) is 0 Å². The van der Waals surface area contributed by atoms with E-state index < -0.39 is 0 Å². The van der Waals surface area contributed by atoms with E-state index in [2.05, 4.69) is 32.5 Å². The molecule has 1 aliphatic heterocycles. The van der Waals surface area contributed by atoms with Crippen molar-refractivity contribution in [1.29, 1.82) is 0 Å². The van der Waals surface area contributed by atoms with Crippen molar-refractivity contribution in [1.82, 2.24) is 0 Å². The Bertz CT molecular complexity index is 103. The zero-order valence-corrected chi connectivity index (χ0v) is 8.13. The highest BCUT2D eigenvalue weighted by molar-refractivity contribution is 8.08. The molecule has 0 aromatic carbocycles. The molecule has 60 valence electrons. The van der Waals surface area contributed by atoms with Gasteiger partial charge in [0, 0.05) is 10.00 Å². The monoisotopic (exact) mass is 158 g/mol. The molecule has 1 rings (SSSR count). The van der Waals surface area contributed by atoms with Crippen LogP contribution in [0.25, 0.3) is 0 Å². The van der Waals surface area contributed by atoms with Crippen molar-refractivity contribution in [2.24, 2.45) is 0 Å². The minimum Gasteiger partial charge on any atom is -0.149 e. The number of rotatable bonds is 4. The van der Waals surface area contributed by atoms with Gasteiger partial charge in [-0.05, 0) is 12.8 Å². The highest BCUT2D eigenvalue weighted by Gasteiger charge is 2.49. The standard InChI is InChI=1S/C9H18S/c1-4-6-9(7-5-2)8(3)10-9/h8H,4-7H2,1-3H3. The zero-order chi connectivity index (χ0) is 7.61. The van der Waals surface area contributed by atoms with E-state index in [0.717, 1.165) is 10.00 Å². The summed E-state index contributed by atoms with van der Waals surface area (Å²) in [5, 5.41) is 0.951. The molecular formula is C9H18S. The summed E-state index contributed by atoms with van der Waals surface area (Å²) in [4.78, 5) is 0. The number of hydrogen-bond donors (Lipinski definition) is 0. The Labute approximate surface area is 68.8 Å². The van der Waals surface area contributed by atoms with Crippen LogP contribution in [0.15, 0.2) is 0 Å². The third-order valence-electron chi connectivity index (χ3n) is 2.44. The van der Waals surface area contributed by atoms with Crippen LogP contribution in [0, 0.1) is 0 Å². The van der Waals surface area contributed by atoms with Gasteiger partial charge in [0.1, 0.15) is 0 Å². The van der Waals surface area contributed by atoms with Crippen LogP contribution in [0.1, 0.15) is 46.5 Å². The van der Waals surface area contributed by atoms with Crippen LogP contribution in [0.5, 0.6) is 0 Å². The third kappa shape index (κ3) is 1.50. The van der Waals surface area contributed by atoms with Gasteiger partial charge in [-0.15, -0.1) is 11.8 Å². The van der Waals surface area contributed by atoms with Gasteiger partial charge in [-0.2, -0.15) is 0 Å². The first-order chi connectivity index (χ1) is 4.75. The average Bonchev–Trinajstić information content (AvgIpc) is 2.44. The summed E-state index contributed by atoms with van der Waals surface area (Å²) in [5.41, 5.74) is 0. The van der Waals surface area contributed by atoms with Crippen LogP contribution in [0.3, 0.4) is 0 Å². The first-order valence-electron chi connectivity index (χ1n) is 4.43. The minimum absolute atomic E-state index is 0.726. The third-order valence-corrected chi connectivity index (χ3v) is 4.22. The lowest BCUT2D eigenvalue weighted by Crippen LogP contribution is -2.11. The van der Waals surface area contributed by atoms with Crippen molar-refractivity contribution in [2.75, 3.05) is 0 Å². The SMILES string of the molecule is CCCC1(CCC)SC1C. The van der Waals surface area contributed by atoms with E-state index in [1.54, 1.807) is 0 Å². The normalized spacial score (nSPS) is 28.5. The maximum atomic E-state index is 2.37. The molecule has 1 heterocycles. The molecule has 0 nitrogen and oxygen atoms in total. The highest BCUT2D eigenvalue weighted by atomic mass is 32.2. The predicted molar refractivity (Wildman–Crippen MR) is 49.6 cm³/mol. The number of thioether (sulfide) groups is 1. The zero-order valence-electron chi connectivity index (χ0n) is 7.31. The lowest BCUT2D eigenvalue weighted by molar-refractivity contribution is 0.542. The molecule has 1 heteroatoms. The Morgan fingerprint density at radius 1 is 1.20 bits per heavy atom. The molecule has 0 aromatic rings. The molecule has 1 saturated heterocycles. The lowest BCUT2D eigenvalue weighted by atomic mass is 9.96.